The van der Waals surface area contributed by atoms with E-state index in [1.165, 1.54) is 29.7 Å². The first-order valence-corrected chi connectivity index (χ1v) is 9.82. The third-order valence-electron chi connectivity index (χ3n) is 5.29. The number of hydrogen-bond acceptors (Lipinski definition) is 2. The van der Waals surface area contributed by atoms with Crippen LogP contribution in [0.2, 0.25) is 0 Å². The van der Waals surface area contributed by atoms with Gasteiger partial charge >= 0.3 is 0 Å². The Balaban J connectivity index is 1.37. The van der Waals surface area contributed by atoms with Crippen LogP contribution in [0.4, 0.5) is 0 Å². The van der Waals surface area contributed by atoms with Crippen LogP contribution >= 0.6 is 0 Å². The minimum atomic E-state index is 0.166. The molecule has 1 aliphatic carbocycles. The number of rotatable bonds is 7. The van der Waals surface area contributed by atoms with Crippen LogP contribution in [0.25, 0.3) is 11.1 Å². The van der Waals surface area contributed by atoms with E-state index in [1.54, 1.807) is 0 Å². The Morgan fingerprint density at radius 2 is 1.63 bits per heavy atom. The third-order valence-corrected chi connectivity index (χ3v) is 5.29. The van der Waals surface area contributed by atoms with Crippen LogP contribution in [-0.4, -0.2) is 10.8 Å². The first-order chi connectivity index (χ1) is 13.2. The number of benzene rings is 2. The van der Waals surface area contributed by atoms with Crippen LogP contribution in [0.3, 0.4) is 0 Å². The lowest BCUT2D eigenvalue weighted by molar-refractivity contribution is -0.118. The molecule has 0 radical (unpaired) electrons. The summed E-state index contributed by atoms with van der Waals surface area (Å²) in [5, 5.41) is 0. The highest BCUT2D eigenvalue weighted by Crippen LogP contribution is 2.39. The fourth-order valence-corrected chi connectivity index (χ4v) is 3.54. The van der Waals surface area contributed by atoms with Crippen LogP contribution in [0.1, 0.15) is 55.0 Å². The highest BCUT2D eigenvalue weighted by molar-refractivity contribution is 5.81. The molecule has 0 saturated heterocycles. The minimum absolute atomic E-state index is 0.166. The molecule has 3 aromatic rings. The van der Waals surface area contributed by atoms with Gasteiger partial charge in [0.05, 0.1) is 0 Å². The van der Waals surface area contributed by atoms with Gasteiger partial charge in [0.25, 0.3) is 0 Å². The van der Waals surface area contributed by atoms with E-state index < -0.39 is 0 Å². The molecule has 1 aromatic heterocycles. The number of aromatic nitrogens is 1. The van der Waals surface area contributed by atoms with Crippen LogP contribution < -0.4 is 0 Å². The zero-order chi connectivity index (χ0) is 18.6. The first kappa shape index (κ1) is 17.7. The fourth-order valence-electron chi connectivity index (χ4n) is 3.54. The summed E-state index contributed by atoms with van der Waals surface area (Å²) in [6.45, 7) is 2.11. The van der Waals surface area contributed by atoms with Crippen molar-refractivity contribution in [1.82, 2.24) is 4.98 Å². The van der Waals surface area contributed by atoms with Crippen LogP contribution in [-0.2, 0) is 11.2 Å². The Bertz CT molecular complexity index is 911. The molecule has 0 amide bonds. The predicted molar refractivity (Wildman–Crippen MR) is 110 cm³/mol. The Labute approximate surface area is 161 Å². The third kappa shape index (κ3) is 4.51. The number of carbonyl (C=O) groups is 1. The smallest absolute Gasteiger partial charge is 0.137 e. The molecule has 1 atom stereocenters. The number of carbonyl (C=O) groups excluding carboxylic acids is 1. The maximum atomic E-state index is 12.6. The maximum absolute atomic E-state index is 12.6. The number of nitrogens with zero attached hydrogens (tertiary/aromatic N) is 1. The van der Waals surface area contributed by atoms with Crippen LogP contribution in [0.15, 0.2) is 72.8 Å². The van der Waals surface area contributed by atoms with E-state index >= 15 is 0 Å². The Morgan fingerprint density at radius 3 is 2.33 bits per heavy atom. The molecule has 2 nitrogen and oxygen atoms in total. The first-order valence-electron chi connectivity index (χ1n) is 9.82. The van der Waals surface area contributed by atoms with Crippen molar-refractivity contribution in [2.45, 2.75) is 44.4 Å². The van der Waals surface area contributed by atoms with E-state index in [0.717, 1.165) is 11.3 Å². The quantitative estimate of drug-likeness (QED) is 0.525. The molecule has 0 bridgehead atoms. The van der Waals surface area contributed by atoms with E-state index in [1.807, 2.05) is 18.2 Å². The summed E-state index contributed by atoms with van der Waals surface area (Å²) in [7, 11) is 0. The van der Waals surface area contributed by atoms with Gasteiger partial charge in [0.2, 0.25) is 0 Å². The highest BCUT2D eigenvalue weighted by atomic mass is 16.1. The van der Waals surface area contributed by atoms with Gasteiger partial charge in [-0.05, 0) is 41.7 Å². The summed E-state index contributed by atoms with van der Waals surface area (Å²) in [5.41, 5.74) is 5.70. The fraction of sp³-hybridized carbons (Fsp3) is 0.280. The molecule has 27 heavy (non-hydrogen) atoms. The van der Waals surface area contributed by atoms with Gasteiger partial charge in [-0.3, -0.25) is 9.78 Å². The zero-order valence-electron chi connectivity index (χ0n) is 15.8. The summed E-state index contributed by atoms with van der Waals surface area (Å²) in [6, 6.07) is 24.9. The Morgan fingerprint density at radius 1 is 0.926 bits per heavy atom. The van der Waals surface area contributed by atoms with Gasteiger partial charge in [-0.15, -0.1) is 0 Å². The maximum Gasteiger partial charge on any atom is 0.137 e. The van der Waals surface area contributed by atoms with E-state index in [-0.39, 0.29) is 11.7 Å². The van der Waals surface area contributed by atoms with Crippen molar-refractivity contribution in [3.8, 4) is 11.1 Å². The second-order valence-corrected chi connectivity index (χ2v) is 7.65. The number of ketones is 1. The molecule has 0 spiro atoms. The van der Waals surface area contributed by atoms with Gasteiger partial charge in [0.15, 0.2) is 0 Å². The van der Waals surface area contributed by atoms with Crippen molar-refractivity contribution in [3.05, 3.63) is 89.7 Å². The lowest BCUT2D eigenvalue weighted by Gasteiger charge is -2.12. The molecule has 4 rings (SSSR count). The molecule has 0 unspecified atom stereocenters. The topological polar surface area (TPSA) is 30.0 Å². The normalized spacial score (nSPS) is 14.7. The van der Waals surface area contributed by atoms with Crippen molar-refractivity contribution >= 4 is 5.78 Å². The largest absolute Gasteiger partial charge is 0.299 e. The van der Waals surface area contributed by atoms with E-state index in [0.29, 0.717) is 18.8 Å². The lowest BCUT2D eigenvalue weighted by atomic mass is 9.95. The lowest BCUT2D eigenvalue weighted by Crippen LogP contribution is -2.09. The molecule has 2 aromatic carbocycles. The minimum Gasteiger partial charge on any atom is -0.299 e. The molecule has 136 valence electrons. The zero-order valence-corrected chi connectivity index (χ0v) is 15.8. The molecule has 1 aliphatic rings. The summed E-state index contributed by atoms with van der Waals surface area (Å²) in [4.78, 5) is 17.3. The second-order valence-electron chi connectivity index (χ2n) is 7.65. The average Bonchev–Trinajstić information content (AvgIpc) is 3.55. The number of Topliss-reactive ketones (excluding diaryl/α,β-unsaturated/α-hetero) is 1. The van der Waals surface area contributed by atoms with Gasteiger partial charge in [0, 0.05) is 36.1 Å². The molecule has 0 N–H and O–H groups in total. The van der Waals surface area contributed by atoms with Crippen molar-refractivity contribution in [2.24, 2.45) is 0 Å². The number of pyridine rings is 1. The van der Waals surface area contributed by atoms with E-state index in [9.17, 15) is 4.79 Å². The molecular weight excluding hydrogens is 330 g/mol. The van der Waals surface area contributed by atoms with Crippen molar-refractivity contribution < 1.29 is 4.79 Å². The van der Waals surface area contributed by atoms with Gasteiger partial charge < -0.3 is 0 Å². The standard InChI is InChI=1S/C25H25NO/c1-18(24-8-5-9-25(26-24)22-14-15-22)16-23(27)17-19-10-12-21(13-11-19)20-6-3-2-4-7-20/h2-13,18,22H,14-17H2,1H3/t18-/m0/s1. The van der Waals surface area contributed by atoms with Gasteiger partial charge in [-0.2, -0.15) is 0 Å². The molecule has 2 heteroatoms. The van der Waals surface area contributed by atoms with E-state index in [2.05, 4.69) is 61.5 Å². The van der Waals surface area contributed by atoms with E-state index in [4.69, 9.17) is 4.98 Å². The molecule has 1 heterocycles. The summed E-state index contributed by atoms with van der Waals surface area (Å²) in [6.07, 6.45) is 3.54. The SMILES string of the molecule is C[C@@H](CC(=O)Cc1ccc(-c2ccccc2)cc1)c1cccc(C2CC2)n1. The van der Waals surface area contributed by atoms with Crippen molar-refractivity contribution in [1.29, 1.82) is 0 Å². The summed E-state index contributed by atoms with van der Waals surface area (Å²) < 4.78 is 0. The monoisotopic (exact) mass is 355 g/mol. The van der Waals surface area contributed by atoms with Gasteiger partial charge in [0.1, 0.15) is 5.78 Å². The predicted octanol–water partition coefficient (Wildman–Crippen LogP) is 5.93. The second kappa shape index (κ2) is 7.87. The number of hydrogen-bond donors (Lipinski definition) is 0. The molecular formula is C25H25NO. The summed E-state index contributed by atoms with van der Waals surface area (Å²) >= 11 is 0. The van der Waals surface area contributed by atoms with Gasteiger partial charge in [-0.1, -0.05) is 67.6 Å². The Hall–Kier alpha value is -2.74. The van der Waals surface area contributed by atoms with Crippen molar-refractivity contribution in [2.75, 3.05) is 0 Å². The molecule has 0 aliphatic heterocycles. The van der Waals surface area contributed by atoms with Crippen LogP contribution in [0, 0.1) is 0 Å². The van der Waals surface area contributed by atoms with Crippen molar-refractivity contribution in [3.63, 3.8) is 0 Å². The average molecular weight is 355 g/mol. The molecule has 1 fully saturated rings. The summed E-state index contributed by atoms with van der Waals surface area (Å²) in [5.74, 6) is 1.09. The Kier molecular flexibility index (Phi) is 5.15. The van der Waals surface area contributed by atoms with Gasteiger partial charge in [-0.25, -0.2) is 0 Å². The van der Waals surface area contributed by atoms with Crippen LogP contribution in [0.5, 0.6) is 0 Å². The molecule has 1 saturated carbocycles. The highest BCUT2D eigenvalue weighted by Gasteiger charge is 2.25.